The number of azide groups is 4. The van der Waals surface area contributed by atoms with Crippen LogP contribution < -0.4 is 22.9 Å². The summed E-state index contributed by atoms with van der Waals surface area (Å²) in [5, 5.41) is 14.3. The summed E-state index contributed by atoms with van der Waals surface area (Å²) in [6.07, 6.45) is 3.15. The molecule has 0 radical (unpaired) electrons. The van der Waals surface area contributed by atoms with Crippen molar-refractivity contribution in [3.8, 4) is 0 Å². The van der Waals surface area contributed by atoms with Crippen molar-refractivity contribution in [1.82, 2.24) is 19.6 Å². The lowest BCUT2D eigenvalue weighted by Crippen LogP contribution is -2.48. The van der Waals surface area contributed by atoms with E-state index in [2.05, 4.69) is 100 Å². The largest absolute Gasteiger partial charge is 0.462 e. The Morgan fingerprint density at radius 1 is 0.383 bits per heavy atom. The Labute approximate surface area is 737 Å². The van der Waals surface area contributed by atoms with Gasteiger partial charge in [0.05, 0.1) is 11.8 Å². The predicted molar refractivity (Wildman–Crippen MR) is 453 cm³/mol. The van der Waals surface area contributed by atoms with Gasteiger partial charge in [-0.05, 0) is 72.1 Å². The summed E-state index contributed by atoms with van der Waals surface area (Å²) in [7, 11) is 0. The van der Waals surface area contributed by atoms with Gasteiger partial charge in [-0.25, -0.2) is 37.5 Å². The zero-order chi connectivity index (χ0) is 95.2. The summed E-state index contributed by atoms with van der Waals surface area (Å²) in [4.78, 5) is 129. The van der Waals surface area contributed by atoms with Crippen molar-refractivity contribution in [2.75, 3.05) is 26.4 Å². The Morgan fingerprint density at radius 3 is 0.906 bits per heavy atom. The lowest BCUT2D eigenvalue weighted by molar-refractivity contribution is -0.181. The molecule has 8 N–H and O–H groups in total. The van der Waals surface area contributed by atoms with Crippen molar-refractivity contribution in [3.05, 3.63) is 140 Å². The van der Waals surface area contributed by atoms with E-state index in [1.807, 2.05) is 13.8 Å². The molecule has 8 aliphatic rings. The van der Waals surface area contributed by atoms with Gasteiger partial charge >= 0.3 is 47.8 Å². The number of alkyl halides is 4. The number of ether oxygens (including phenoxy) is 12. The molecule has 0 aromatic heterocycles. The number of nitrogens with two attached hydrogens (primary N) is 4. The fourth-order valence-corrected chi connectivity index (χ4v) is 12.9. The third-order valence-electron chi connectivity index (χ3n) is 19.8. The van der Waals surface area contributed by atoms with E-state index in [4.69, 9.17) is 96.4 Å². The van der Waals surface area contributed by atoms with E-state index in [-0.39, 0.29) is 85.2 Å². The van der Waals surface area contributed by atoms with Gasteiger partial charge in [0.1, 0.15) is 73.1 Å². The monoisotopic (exact) mass is 1810 g/mol. The molecule has 8 heterocycles. The summed E-state index contributed by atoms with van der Waals surface area (Å²) >= 11 is 0. The van der Waals surface area contributed by atoms with Crippen LogP contribution in [0.15, 0.2) is 139 Å². The molecular weight excluding hydrogens is 1690 g/mol. The van der Waals surface area contributed by atoms with Crippen LogP contribution in [0.2, 0.25) is 0 Å². The average Bonchev–Trinajstić information content (AvgIpc) is 1.62. The number of carbonyl (C=O) groups excluding carboxylic acids is 8. The molecule has 0 aromatic carbocycles. The number of unbranched alkanes of at least 4 members (excludes halogenated alkanes) is 10. The third-order valence-corrected chi connectivity index (χ3v) is 19.8. The maximum absolute atomic E-state index is 15.9. The fourth-order valence-electron chi connectivity index (χ4n) is 12.9. The Kier molecular flexibility index (Phi) is 42.6. The molecule has 0 spiro atoms. The highest BCUT2D eigenvalue weighted by atomic mass is 19.1. The van der Waals surface area contributed by atoms with Gasteiger partial charge in [0, 0.05) is 83.0 Å². The molecular formula is C80H116F4N24O20. The van der Waals surface area contributed by atoms with E-state index in [9.17, 15) is 43.9 Å². The van der Waals surface area contributed by atoms with Crippen LogP contribution in [0.1, 0.15) is 198 Å². The van der Waals surface area contributed by atoms with Crippen molar-refractivity contribution in [3.63, 3.8) is 0 Å². The van der Waals surface area contributed by atoms with Gasteiger partial charge in [-0.2, -0.15) is 0 Å². The molecule has 4 saturated heterocycles. The van der Waals surface area contributed by atoms with Crippen LogP contribution in [-0.4, -0.2) is 214 Å². The minimum absolute atomic E-state index is 0.0356. The summed E-state index contributed by atoms with van der Waals surface area (Å²) in [6.45, 7) is 29.7. The van der Waals surface area contributed by atoms with Crippen LogP contribution in [0.25, 0.3) is 41.8 Å². The number of carbonyl (C=O) groups is 8. The highest BCUT2D eigenvalue weighted by molar-refractivity contribution is 5.94. The number of amidine groups is 4. The van der Waals surface area contributed by atoms with Gasteiger partial charge < -0.3 is 99.4 Å². The van der Waals surface area contributed by atoms with Crippen LogP contribution >= 0.6 is 0 Å². The highest BCUT2D eigenvalue weighted by Crippen LogP contribution is 2.46. The molecule has 44 nitrogen and oxygen atoms in total. The molecule has 128 heavy (non-hydrogen) atoms. The van der Waals surface area contributed by atoms with Crippen LogP contribution in [0, 0.1) is 11.8 Å². The topological polar surface area (TPSA) is 609 Å². The Bertz CT molecular complexity index is 4420. The van der Waals surface area contributed by atoms with Crippen LogP contribution in [0.5, 0.6) is 0 Å². The van der Waals surface area contributed by atoms with Gasteiger partial charge in [-0.1, -0.05) is 180 Å². The lowest BCUT2D eigenvalue weighted by Gasteiger charge is -2.31. The normalized spacial score (nSPS) is 27.1. The first kappa shape index (κ1) is 106. The van der Waals surface area contributed by atoms with Crippen molar-refractivity contribution >= 4 is 71.1 Å². The first-order chi connectivity index (χ1) is 60.8. The van der Waals surface area contributed by atoms with Gasteiger partial charge in [-0.15, -0.1) is 0 Å². The third kappa shape index (κ3) is 29.3. The van der Waals surface area contributed by atoms with Gasteiger partial charge in [0.25, 0.3) is 0 Å². The smallest absolute Gasteiger partial charge is 0.308 e. The average molecular weight is 1810 g/mol. The Hall–Kier alpha value is -12.4. The standard InChI is InChI=1S/C26H41FN6O5.C20H29FN6O5.C18H25FN6O5.C16H21FN6O5/c1-4-6-8-10-12-14-21(34)36-18-26(31-32-29)24(37-22(35)15-13-11-9-7-5-2)23(27)25(38-26)33-17-16-20(28)30-19(33)3;1-4-6-8-15(28)30-12-20(25-26-23)18(31-16(29)9-7-5-2)17(21)19(32-20)27-11-10-14(22)24-13(27)3;1-9(2)16(26)28-8-18(23-24-21)14(29-17(27)10(3)4)13(19)15(30-18)25-7-6-12(20)22-11(25)5;1-4-11(24)26-8-16(21-22-19)14(27-12(25)5-2)13(17)15(28-16)23-7-6-10(18)20-9(23)3/h16-17,23-25H,3-15,18H2,1-2H3,(H2,28,30);10-11,17-19H,3-9,12H2,1-2H3,(H2,22,24);6-7,9-10,13-15H,5,8H2,1-4H3,(H2,20,22);6-7,13-15H,3-5,8H2,1-2H3,(H2,18,20)/t23-,24+,25-,26-;17-,18+,19-,20-;13-,14+,15-,18-;13-,14+,15-,16-/m1111/s1. The van der Waals surface area contributed by atoms with Gasteiger partial charge in [0.2, 0.25) is 22.9 Å². The van der Waals surface area contributed by atoms with E-state index in [0.29, 0.717) is 25.7 Å². The molecule has 0 aromatic rings. The molecule has 704 valence electrons. The zero-order valence-corrected chi connectivity index (χ0v) is 73.4. The molecule has 8 aliphatic heterocycles. The zero-order valence-electron chi connectivity index (χ0n) is 73.4. The van der Waals surface area contributed by atoms with Crippen LogP contribution in [0.4, 0.5) is 17.6 Å². The number of halogens is 4. The molecule has 0 saturated carbocycles. The van der Waals surface area contributed by atoms with Crippen molar-refractivity contribution < 1.29 is 113 Å². The molecule has 0 unspecified atom stereocenters. The van der Waals surface area contributed by atoms with Crippen LogP contribution in [-0.2, 0) is 95.2 Å². The van der Waals surface area contributed by atoms with Gasteiger partial charge in [-0.3, -0.25) is 38.4 Å². The molecule has 0 amide bonds. The summed E-state index contributed by atoms with van der Waals surface area (Å²) in [5.41, 5.74) is 50.6. The van der Waals surface area contributed by atoms with E-state index in [0.717, 1.165) is 64.2 Å². The Balaban J connectivity index is 0.000000304. The number of aliphatic imine (C=N–C) groups is 4. The highest BCUT2D eigenvalue weighted by Gasteiger charge is 2.65. The Morgan fingerprint density at radius 2 is 0.633 bits per heavy atom. The lowest BCUT2D eigenvalue weighted by atomic mass is 10.1. The number of esters is 8. The quantitative estimate of drug-likeness (QED) is 0.00838. The number of hydrogen-bond donors (Lipinski definition) is 4. The minimum Gasteiger partial charge on any atom is -0.462 e. The molecule has 16 atom stereocenters. The SMILES string of the molecule is C=C1N=C(N)C=CN1[C@@H]1O[C@@](COC(=O)C(C)C)(N=[N+]=[N-])[C@@H](OC(=O)C(C)C)[C@H]1F.C=C1N=C(N)C=CN1[C@@H]1O[C@@](COC(=O)CC)(N=[N+]=[N-])[C@@H](OC(=O)CC)[C@H]1F.C=C1N=C(N)C=CN1[C@@H]1O[C@@](COC(=O)CCCC)(N=[N+]=[N-])[C@@H](OC(=O)CCCC)[C@H]1F.C=C1N=C(N)C=CN1[C@@H]1O[C@@](COC(=O)CCCCCCC)(N=[N+]=[N-])[C@@H](OC(=O)CCCCCCC)[C@H]1F. The first-order valence-electron chi connectivity index (χ1n) is 41.8. The predicted octanol–water partition coefficient (Wildman–Crippen LogP) is 12.4. The molecule has 0 aliphatic carbocycles. The van der Waals surface area contributed by atoms with Crippen molar-refractivity contribution in [2.45, 2.75) is 295 Å². The van der Waals surface area contributed by atoms with E-state index < -0.39 is 183 Å². The second-order valence-electron chi connectivity index (χ2n) is 30.4. The second kappa shape index (κ2) is 51.4. The summed E-state index contributed by atoms with van der Waals surface area (Å²) in [5.74, 6) is -5.37. The second-order valence-corrected chi connectivity index (χ2v) is 30.4. The minimum atomic E-state index is -2.13. The van der Waals surface area contributed by atoms with Crippen LogP contribution in [0.3, 0.4) is 0 Å². The summed E-state index contributed by atoms with van der Waals surface area (Å²) < 4.78 is 127. The van der Waals surface area contributed by atoms with E-state index in [1.54, 1.807) is 34.6 Å². The molecule has 0 bridgehead atoms. The van der Waals surface area contributed by atoms with Crippen molar-refractivity contribution in [2.24, 2.45) is 75.2 Å². The molecule has 4 fully saturated rings. The molecule has 8 rings (SSSR count). The number of hydrogen-bond acceptors (Lipinski definition) is 36. The number of rotatable bonds is 42. The number of nitrogens with zero attached hydrogens (tertiary/aromatic N) is 20. The molecule has 48 heteroatoms. The van der Waals surface area contributed by atoms with E-state index >= 15 is 17.6 Å². The fraction of sp³-hybridized carbons (Fsp3) is 0.650. The summed E-state index contributed by atoms with van der Waals surface area (Å²) in [6, 6.07) is 0. The van der Waals surface area contributed by atoms with Gasteiger partial charge in [0.15, 0.2) is 74.0 Å². The first-order valence-corrected chi connectivity index (χ1v) is 41.8. The van der Waals surface area contributed by atoms with Crippen molar-refractivity contribution in [1.29, 1.82) is 0 Å². The maximum Gasteiger partial charge on any atom is 0.308 e. The maximum atomic E-state index is 15.9. The van der Waals surface area contributed by atoms with E-state index in [1.165, 1.54) is 75.6 Å².